The molecule has 0 spiro atoms. The van der Waals surface area contributed by atoms with Crippen LogP contribution >= 0.6 is 0 Å². The molecule has 0 heterocycles. The summed E-state index contributed by atoms with van der Waals surface area (Å²) in [6.07, 6.45) is 4.29. The molecule has 20 heavy (non-hydrogen) atoms. The molecule has 1 saturated carbocycles. The number of hydrogen-bond acceptors (Lipinski definition) is 2. The van der Waals surface area contributed by atoms with E-state index in [0.29, 0.717) is 24.4 Å². The van der Waals surface area contributed by atoms with Crippen LogP contribution in [0.1, 0.15) is 49.0 Å². The highest BCUT2D eigenvalue weighted by Crippen LogP contribution is 2.28. The van der Waals surface area contributed by atoms with Crippen molar-refractivity contribution in [3.05, 3.63) is 35.4 Å². The average molecular weight is 274 g/mol. The van der Waals surface area contributed by atoms with Gasteiger partial charge in [0.25, 0.3) is 5.91 Å². The number of rotatable bonds is 4. The summed E-state index contributed by atoms with van der Waals surface area (Å²) in [5, 5.41) is 3.20. The van der Waals surface area contributed by atoms with E-state index in [1.807, 2.05) is 24.3 Å². The van der Waals surface area contributed by atoms with Crippen LogP contribution in [0.4, 0.5) is 0 Å². The second-order valence-corrected chi connectivity index (χ2v) is 6.33. The molecule has 0 radical (unpaired) electrons. The van der Waals surface area contributed by atoms with E-state index in [9.17, 15) is 4.79 Å². The van der Waals surface area contributed by atoms with Gasteiger partial charge in [0.1, 0.15) is 0 Å². The van der Waals surface area contributed by atoms with Gasteiger partial charge in [-0.3, -0.25) is 4.79 Å². The van der Waals surface area contributed by atoms with Crippen molar-refractivity contribution in [3.63, 3.8) is 0 Å². The van der Waals surface area contributed by atoms with Gasteiger partial charge in [-0.15, -0.1) is 0 Å². The zero-order chi connectivity index (χ0) is 14.5. The van der Waals surface area contributed by atoms with Crippen LogP contribution in [0.15, 0.2) is 24.3 Å². The van der Waals surface area contributed by atoms with Crippen LogP contribution in [-0.4, -0.2) is 18.5 Å². The molecule has 3 N–H and O–H groups in total. The van der Waals surface area contributed by atoms with Crippen molar-refractivity contribution in [3.8, 4) is 0 Å². The van der Waals surface area contributed by atoms with E-state index in [1.54, 1.807) is 0 Å². The quantitative estimate of drug-likeness (QED) is 0.887. The summed E-state index contributed by atoms with van der Waals surface area (Å²) in [4.78, 5) is 12.3. The first-order chi connectivity index (χ1) is 9.58. The van der Waals surface area contributed by atoms with E-state index in [4.69, 9.17) is 5.73 Å². The molecule has 1 amide bonds. The average Bonchev–Trinajstić information content (AvgIpc) is 2.38. The Morgan fingerprint density at radius 1 is 1.25 bits per heavy atom. The molecular formula is C17H26N2O. The predicted octanol–water partition coefficient (Wildman–Crippen LogP) is 2.74. The summed E-state index contributed by atoms with van der Waals surface area (Å²) in [6.45, 7) is 5.16. The molecule has 3 heteroatoms. The van der Waals surface area contributed by atoms with E-state index >= 15 is 0 Å². The summed E-state index contributed by atoms with van der Waals surface area (Å²) in [5.74, 6) is 1.45. The van der Waals surface area contributed by atoms with Gasteiger partial charge in [-0.2, -0.15) is 0 Å². The first-order valence-electron chi connectivity index (χ1n) is 7.68. The first-order valence-corrected chi connectivity index (χ1v) is 7.68. The van der Waals surface area contributed by atoms with Crippen LogP contribution in [0.5, 0.6) is 0 Å². The van der Waals surface area contributed by atoms with Crippen molar-refractivity contribution in [1.82, 2.24) is 5.32 Å². The SMILES string of the molecule is CC1CC(C)CC(NC(=O)c2cccc(CCN)c2)C1. The highest BCUT2D eigenvalue weighted by molar-refractivity contribution is 5.94. The van der Waals surface area contributed by atoms with Crippen LogP contribution in [0.2, 0.25) is 0 Å². The Hall–Kier alpha value is -1.35. The van der Waals surface area contributed by atoms with E-state index in [-0.39, 0.29) is 5.91 Å². The number of amides is 1. The Kier molecular flexibility index (Phi) is 5.18. The van der Waals surface area contributed by atoms with Gasteiger partial charge in [-0.25, -0.2) is 0 Å². The molecule has 2 rings (SSSR count). The fraction of sp³-hybridized carbons (Fsp3) is 0.588. The lowest BCUT2D eigenvalue weighted by atomic mass is 9.80. The fourth-order valence-corrected chi connectivity index (χ4v) is 3.37. The zero-order valence-corrected chi connectivity index (χ0v) is 12.6. The highest BCUT2D eigenvalue weighted by atomic mass is 16.1. The number of carbonyl (C=O) groups excluding carboxylic acids is 1. The van der Waals surface area contributed by atoms with Crippen molar-refractivity contribution < 1.29 is 4.79 Å². The molecule has 1 aromatic rings. The number of benzene rings is 1. The van der Waals surface area contributed by atoms with E-state index in [1.165, 1.54) is 6.42 Å². The lowest BCUT2D eigenvalue weighted by Crippen LogP contribution is -2.40. The van der Waals surface area contributed by atoms with Crippen LogP contribution in [-0.2, 0) is 6.42 Å². The summed E-state index contributed by atoms with van der Waals surface area (Å²) < 4.78 is 0. The third kappa shape index (κ3) is 4.07. The van der Waals surface area contributed by atoms with E-state index < -0.39 is 0 Å². The summed E-state index contributed by atoms with van der Waals surface area (Å²) in [5.41, 5.74) is 7.45. The highest BCUT2D eigenvalue weighted by Gasteiger charge is 2.25. The maximum absolute atomic E-state index is 12.3. The second-order valence-electron chi connectivity index (χ2n) is 6.33. The van der Waals surface area contributed by atoms with Gasteiger partial charge >= 0.3 is 0 Å². The molecule has 1 aromatic carbocycles. The van der Waals surface area contributed by atoms with Crippen LogP contribution in [0, 0.1) is 11.8 Å². The molecule has 110 valence electrons. The summed E-state index contributed by atoms with van der Waals surface area (Å²) in [6, 6.07) is 8.11. The lowest BCUT2D eigenvalue weighted by Gasteiger charge is -2.32. The maximum atomic E-state index is 12.3. The van der Waals surface area contributed by atoms with Crippen molar-refractivity contribution in [2.75, 3.05) is 6.54 Å². The van der Waals surface area contributed by atoms with Gasteiger partial charge in [-0.1, -0.05) is 26.0 Å². The van der Waals surface area contributed by atoms with Gasteiger partial charge in [0.2, 0.25) is 0 Å². The Labute approximate surface area is 121 Å². The molecule has 0 bridgehead atoms. The van der Waals surface area contributed by atoms with Gasteiger partial charge in [0.15, 0.2) is 0 Å². The van der Waals surface area contributed by atoms with Gasteiger partial charge in [0, 0.05) is 11.6 Å². The molecule has 0 aromatic heterocycles. The van der Waals surface area contributed by atoms with Gasteiger partial charge < -0.3 is 11.1 Å². The fourth-order valence-electron chi connectivity index (χ4n) is 3.37. The number of carbonyl (C=O) groups is 1. The van der Waals surface area contributed by atoms with Crippen LogP contribution in [0.25, 0.3) is 0 Å². The third-order valence-corrected chi connectivity index (χ3v) is 4.14. The topological polar surface area (TPSA) is 55.1 Å². The third-order valence-electron chi connectivity index (χ3n) is 4.14. The number of nitrogens with two attached hydrogens (primary N) is 1. The van der Waals surface area contributed by atoms with Gasteiger partial charge in [0.05, 0.1) is 0 Å². The monoisotopic (exact) mass is 274 g/mol. The van der Waals surface area contributed by atoms with Crippen molar-refractivity contribution in [1.29, 1.82) is 0 Å². The molecule has 2 atom stereocenters. The van der Waals surface area contributed by atoms with Crippen molar-refractivity contribution in [2.45, 2.75) is 45.6 Å². The molecule has 1 fully saturated rings. The number of nitrogens with one attached hydrogen (secondary N) is 1. The molecule has 2 unspecified atom stereocenters. The van der Waals surface area contributed by atoms with Gasteiger partial charge in [-0.05, 0) is 61.8 Å². The zero-order valence-electron chi connectivity index (χ0n) is 12.6. The minimum Gasteiger partial charge on any atom is -0.349 e. The first kappa shape index (κ1) is 15.0. The van der Waals surface area contributed by atoms with E-state index in [2.05, 4.69) is 19.2 Å². The molecule has 0 saturated heterocycles. The van der Waals surface area contributed by atoms with Crippen LogP contribution in [0.3, 0.4) is 0 Å². The minimum absolute atomic E-state index is 0.0511. The Balaban J connectivity index is 1.99. The molecular weight excluding hydrogens is 248 g/mol. The lowest BCUT2D eigenvalue weighted by molar-refractivity contribution is 0.0911. The molecule has 1 aliphatic rings. The number of hydrogen-bond donors (Lipinski definition) is 2. The maximum Gasteiger partial charge on any atom is 0.251 e. The Morgan fingerprint density at radius 2 is 1.95 bits per heavy atom. The summed E-state index contributed by atoms with van der Waals surface area (Å²) in [7, 11) is 0. The Morgan fingerprint density at radius 3 is 2.60 bits per heavy atom. The van der Waals surface area contributed by atoms with Crippen LogP contribution < -0.4 is 11.1 Å². The standard InChI is InChI=1S/C17H26N2O/c1-12-8-13(2)10-16(9-12)19-17(20)15-5-3-4-14(11-15)6-7-18/h3-5,11-13,16H,6-10,18H2,1-2H3,(H,19,20). The van der Waals surface area contributed by atoms with E-state index in [0.717, 1.165) is 30.4 Å². The largest absolute Gasteiger partial charge is 0.349 e. The predicted molar refractivity (Wildman–Crippen MR) is 82.6 cm³/mol. The summed E-state index contributed by atoms with van der Waals surface area (Å²) >= 11 is 0. The smallest absolute Gasteiger partial charge is 0.251 e. The van der Waals surface area contributed by atoms with Crippen molar-refractivity contribution in [2.24, 2.45) is 17.6 Å². The Bertz CT molecular complexity index is 448. The molecule has 3 nitrogen and oxygen atoms in total. The normalized spacial score (nSPS) is 26.2. The second kappa shape index (κ2) is 6.89. The van der Waals surface area contributed by atoms with Crippen molar-refractivity contribution >= 4 is 5.91 Å². The minimum atomic E-state index is 0.0511. The molecule has 1 aliphatic carbocycles. The molecule has 0 aliphatic heterocycles.